The molecular formula is C23H25N3O2S. The van der Waals surface area contributed by atoms with Crippen LogP contribution in [0.15, 0.2) is 40.8 Å². The Kier molecular flexibility index (Phi) is 4.97. The summed E-state index contributed by atoms with van der Waals surface area (Å²) in [5.74, 6) is 1.46. The van der Waals surface area contributed by atoms with Crippen LogP contribution in [0.1, 0.15) is 42.8 Å². The molecule has 1 fully saturated rings. The van der Waals surface area contributed by atoms with Crippen molar-refractivity contribution in [2.24, 2.45) is 10.9 Å². The van der Waals surface area contributed by atoms with Gasteiger partial charge in [-0.1, -0.05) is 0 Å². The fourth-order valence-corrected chi connectivity index (χ4v) is 4.89. The molecular weight excluding hydrogens is 382 g/mol. The molecule has 0 aliphatic carbocycles. The topological polar surface area (TPSA) is 55.7 Å². The van der Waals surface area contributed by atoms with Gasteiger partial charge in [0.25, 0.3) is 0 Å². The summed E-state index contributed by atoms with van der Waals surface area (Å²) in [6, 6.07) is 8.45. The molecule has 3 aromatic rings. The van der Waals surface area contributed by atoms with Crippen LogP contribution in [0, 0.1) is 12.8 Å². The number of pyridine rings is 1. The first-order chi connectivity index (χ1) is 14.2. The average molecular weight is 408 g/mol. The van der Waals surface area contributed by atoms with Crippen LogP contribution in [0.4, 0.5) is 5.69 Å². The Morgan fingerprint density at radius 3 is 2.97 bits per heavy atom. The van der Waals surface area contributed by atoms with Gasteiger partial charge in [-0.3, -0.25) is 9.98 Å². The summed E-state index contributed by atoms with van der Waals surface area (Å²) in [5.41, 5.74) is 4.26. The number of nitrogens with zero attached hydrogens (tertiary/aromatic N) is 2. The number of ether oxygens (including phenoxy) is 2. The number of fused-ring (bicyclic) bond motifs is 2. The molecule has 2 unspecified atom stereocenters. The maximum atomic E-state index is 6.30. The summed E-state index contributed by atoms with van der Waals surface area (Å²) in [6.07, 6.45) is 6.02. The first kappa shape index (κ1) is 18.6. The zero-order valence-corrected chi connectivity index (χ0v) is 17.5. The quantitative estimate of drug-likeness (QED) is 0.634. The van der Waals surface area contributed by atoms with Gasteiger partial charge in [0.2, 0.25) is 0 Å². The lowest BCUT2D eigenvalue weighted by atomic mass is 9.95. The van der Waals surface area contributed by atoms with Gasteiger partial charge in [0.05, 0.1) is 16.5 Å². The van der Waals surface area contributed by atoms with Gasteiger partial charge in [-0.05, 0) is 73.2 Å². The number of anilines is 1. The van der Waals surface area contributed by atoms with E-state index in [0.717, 1.165) is 54.3 Å². The molecule has 2 aromatic heterocycles. The van der Waals surface area contributed by atoms with Crippen molar-refractivity contribution < 1.29 is 9.47 Å². The Balaban J connectivity index is 1.35. The Bertz CT molecular complexity index is 1060. The number of thiophene rings is 1. The van der Waals surface area contributed by atoms with Crippen LogP contribution in [0.3, 0.4) is 0 Å². The van der Waals surface area contributed by atoms with E-state index in [1.54, 1.807) is 11.3 Å². The predicted molar refractivity (Wildman–Crippen MR) is 118 cm³/mol. The largest absolute Gasteiger partial charge is 0.490 e. The number of benzene rings is 1. The monoisotopic (exact) mass is 407 g/mol. The molecule has 5 rings (SSSR count). The molecule has 2 aliphatic rings. The van der Waals surface area contributed by atoms with Crippen molar-refractivity contribution in [3.8, 4) is 5.75 Å². The van der Waals surface area contributed by atoms with Crippen molar-refractivity contribution in [3.05, 3.63) is 52.7 Å². The summed E-state index contributed by atoms with van der Waals surface area (Å²) in [5, 5.41) is 6.86. The van der Waals surface area contributed by atoms with Crippen LogP contribution in [-0.2, 0) is 4.74 Å². The average Bonchev–Trinajstić information content (AvgIpc) is 3.22. The molecule has 4 heterocycles. The maximum absolute atomic E-state index is 6.30. The van der Waals surface area contributed by atoms with Gasteiger partial charge < -0.3 is 14.8 Å². The molecule has 0 amide bonds. The third-order valence-electron chi connectivity index (χ3n) is 5.88. The molecule has 0 spiro atoms. The molecule has 1 N–H and O–H groups in total. The van der Waals surface area contributed by atoms with Gasteiger partial charge in [-0.2, -0.15) is 0 Å². The van der Waals surface area contributed by atoms with Crippen LogP contribution in [0.25, 0.3) is 10.1 Å². The van der Waals surface area contributed by atoms with Crippen molar-refractivity contribution >= 4 is 33.3 Å². The van der Waals surface area contributed by atoms with Crippen molar-refractivity contribution in [1.29, 1.82) is 0 Å². The number of aryl methyl sites for hydroxylation is 1. The lowest BCUT2D eigenvalue weighted by Crippen LogP contribution is -2.29. The van der Waals surface area contributed by atoms with Crippen LogP contribution in [0.2, 0.25) is 0 Å². The molecule has 6 heteroatoms. The van der Waals surface area contributed by atoms with Crippen molar-refractivity contribution in [1.82, 2.24) is 4.98 Å². The molecule has 29 heavy (non-hydrogen) atoms. The number of rotatable bonds is 4. The Morgan fingerprint density at radius 2 is 2.10 bits per heavy atom. The normalized spacial score (nSPS) is 20.3. The second-order valence-corrected chi connectivity index (χ2v) is 8.82. The molecule has 1 saturated heterocycles. The first-order valence-electron chi connectivity index (χ1n) is 10.2. The fourth-order valence-electron chi connectivity index (χ4n) is 4.16. The zero-order chi connectivity index (χ0) is 19.8. The summed E-state index contributed by atoms with van der Waals surface area (Å²) in [6.45, 7) is 5.96. The molecule has 0 bridgehead atoms. The molecule has 5 nitrogen and oxygen atoms in total. The van der Waals surface area contributed by atoms with E-state index >= 15 is 0 Å². The van der Waals surface area contributed by atoms with E-state index in [2.05, 4.69) is 53.8 Å². The van der Waals surface area contributed by atoms with Gasteiger partial charge >= 0.3 is 0 Å². The third-order valence-corrected chi connectivity index (χ3v) is 6.74. The lowest BCUT2D eigenvalue weighted by Gasteiger charge is -2.29. The van der Waals surface area contributed by atoms with E-state index in [4.69, 9.17) is 14.5 Å². The Labute approximate surface area is 174 Å². The van der Waals surface area contributed by atoms with Gasteiger partial charge in [0, 0.05) is 36.9 Å². The second kappa shape index (κ2) is 7.76. The Hall–Kier alpha value is -2.44. The van der Waals surface area contributed by atoms with Gasteiger partial charge in [0.15, 0.2) is 6.17 Å². The van der Waals surface area contributed by atoms with E-state index in [9.17, 15) is 0 Å². The van der Waals surface area contributed by atoms with Gasteiger partial charge in [-0.25, -0.2) is 0 Å². The number of aromatic nitrogens is 1. The van der Waals surface area contributed by atoms with E-state index < -0.39 is 0 Å². The number of hydrogen-bond donors (Lipinski definition) is 1. The summed E-state index contributed by atoms with van der Waals surface area (Å²) >= 11 is 1.71. The molecule has 2 atom stereocenters. The smallest absolute Gasteiger partial charge is 0.161 e. The summed E-state index contributed by atoms with van der Waals surface area (Å²) < 4.78 is 13.0. The highest BCUT2D eigenvalue weighted by Crippen LogP contribution is 2.34. The van der Waals surface area contributed by atoms with E-state index in [-0.39, 0.29) is 12.3 Å². The third kappa shape index (κ3) is 3.74. The standard InChI is InChI=1S/C23H25N3O2S/c1-14-9-19(28-15(2)16-3-6-27-7-4-16)10-18-12-25-23(26-22(14)18)20-11-17-5-8-29-21(17)13-24-20/h5,8-13,15-16,23,26H,3-4,6-7H2,1-2H3. The van der Waals surface area contributed by atoms with Crippen molar-refractivity contribution in [2.75, 3.05) is 18.5 Å². The van der Waals surface area contributed by atoms with E-state index in [1.165, 1.54) is 10.1 Å². The highest BCUT2D eigenvalue weighted by molar-refractivity contribution is 7.17. The molecule has 0 radical (unpaired) electrons. The Morgan fingerprint density at radius 1 is 1.24 bits per heavy atom. The maximum Gasteiger partial charge on any atom is 0.161 e. The zero-order valence-electron chi connectivity index (χ0n) is 16.7. The predicted octanol–water partition coefficient (Wildman–Crippen LogP) is 5.34. The van der Waals surface area contributed by atoms with Crippen LogP contribution < -0.4 is 10.1 Å². The van der Waals surface area contributed by atoms with E-state index in [1.807, 2.05) is 12.4 Å². The minimum Gasteiger partial charge on any atom is -0.490 e. The number of nitrogens with one attached hydrogen (secondary N) is 1. The fraction of sp³-hybridized carbons (Fsp3) is 0.391. The molecule has 1 aromatic carbocycles. The van der Waals surface area contributed by atoms with Gasteiger partial charge in [0.1, 0.15) is 5.75 Å². The van der Waals surface area contributed by atoms with Crippen LogP contribution in [0.5, 0.6) is 5.75 Å². The summed E-state index contributed by atoms with van der Waals surface area (Å²) in [4.78, 5) is 9.33. The van der Waals surface area contributed by atoms with Crippen molar-refractivity contribution in [2.45, 2.75) is 39.0 Å². The SMILES string of the molecule is Cc1cc(OC(C)C2CCOCC2)cc2c1NC(c1cc3ccsc3cn1)N=C2. The van der Waals surface area contributed by atoms with Gasteiger partial charge in [-0.15, -0.1) is 11.3 Å². The van der Waals surface area contributed by atoms with Crippen LogP contribution in [-0.4, -0.2) is 30.5 Å². The second-order valence-electron chi connectivity index (χ2n) is 7.87. The highest BCUT2D eigenvalue weighted by Gasteiger charge is 2.24. The van der Waals surface area contributed by atoms with E-state index in [0.29, 0.717) is 5.92 Å². The minimum atomic E-state index is -0.168. The minimum absolute atomic E-state index is 0.168. The van der Waals surface area contributed by atoms with Crippen molar-refractivity contribution in [3.63, 3.8) is 0 Å². The number of hydrogen-bond acceptors (Lipinski definition) is 6. The lowest BCUT2D eigenvalue weighted by molar-refractivity contribution is 0.0239. The van der Waals surface area contributed by atoms with Crippen LogP contribution >= 0.6 is 11.3 Å². The molecule has 150 valence electrons. The summed E-state index contributed by atoms with van der Waals surface area (Å²) in [7, 11) is 0. The molecule has 2 aliphatic heterocycles. The highest BCUT2D eigenvalue weighted by atomic mass is 32.1. The molecule has 0 saturated carbocycles. The first-order valence-corrected chi connectivity index (χ1v) is 11.1. The number of aliphatic imine (C=N–C) groups is 1.